The number of carbonyl (C=O) groups excluding carboxylic acids is 1. The highest BCUT2D eigenvalue weighted by Gasteiger charge is 2.22. The molecule has 2 aliphatic heterocycles. The van der Waals surface area contributed by atoms with E-state index in [1.807, 2.05) is 4.90 Å². The summed E-state index contributed by atoms with van der Waals surface area (Å²) in [6.45, 7) is 7.77. The second kappa shape index (κ2) is 8.26. The van der Waals surface area contributed by atoms with Gasteiger partial charge in [0.05, 0.1) is 5.02 Å². The quantitative estimate of drug-likeness (QED) is 0.730. The molecule has 1 amide bonds. The Kier molecular flexibility index (Phi) is 5.75. The van der Waals surface area contributed by atoms with Crippen LogP contribution in [0, 0.1) is 0 Å². The monoisotopic (exact) mass is 396 g/mol. The van der Waals surface area contributed by atoms with Crippen LogP contribution in [0.15, 0.2) is 36.4 Å². The number of carbonyl (C=O) groups is 1. The van der Waals surface area contributed by atoms with Crippen molar-refractivity contribution in [3.63, 3.8) is 0 Å². The van der Waals surface area contributed by atoms with E-state index in [9.17, 15) is 4.79 Å². The number of amides is 1. The van der Waals surface area contributed by atoms with Crippen molar-refractivity contribution in [1.82, 2.24) is 9.80 Å². The van der Waals surface area contributed by atoms with Crippen molar-refractivity contribution < 1.29 is 4.79 Å². The van der Waals surface area contributed by atoms with E-state index in [0.717, 1.165) is 42.6 Å². The Balaban J connectivity index is 1.48. The van der Waals surface area contributed by atoms with Gasteiger partial charge in [0.1, 0.15) is 0 Å². The number of hydrogen-bond acceptors (Lipinski definition) is 2. The second-order valence-electron chi connectivity index (χ2n) is 8.23. The van der Waals surface area contributed by atoms with Gasteiger partial charge in [0.25, 0.3) is 0 Å². The first-order chi connectivity index (χ1) is 13.5. The fraction of sp³-hybridized carbons (Fsp3) is 0.458. The molecule has 0 radical (unpaired) electrons. The van der Waals surface area contributed by atoms with Crippen molar-refractivity contribution in [2.75, 3.05) is 19.6 Å². The Morgan fingerprint density at radius 2 is 1.93 bits per heavy atom. The second-order valence-corrected chi connectivity index (χ2v) is 8.61. The van der Waals surface area contributed by atoms with Crippen molar-refractivity contribution in [2.45, 2.75) is 52.1 Å². The van der Waals surface area contributed by atoms with E-state index in [2.05, 4.69) is 48.2 Å². The highest BCUT2D eigenvalue weighted by molar-refractivity contribution is 6.34. The molecule has 0 spiro atoms. The summed E-state index contributed by atoms with van der Waals surface area (Å²) in [6, 6.07) is 13.8. The maximum Gasteiger partial charge on any atom is 0.219 e. The molecule has 0 bridgehead atoms. The Labute approximate surface area is 173 Å². The first-order valence-electron chi connectivity index (χ1n) is 10.4. The summed E-state index contributed by atoms with van der Waals surface area (Å²) in [6.07, 6.45) is 4.60. The largest absolute Gasteiger partial charge is 0.338 e. The van der Waals surface area contributed by atoms with Crippen molar-refractivity contribution in [3.8, 4) is 11.1 Å². The van der Waals surface area contributed by atoms with Gasteiger partial charge in [0.2, 0.25) is 5.91 Å². The molecule has 1 saturated heterocycles. The first-order valence-corrected chi connectivity index (χ1v) is 10.8. The number of likely N-dealkylation sites (tertiary alicyclic amines) is 1. The maximum atomic E-state index is 11.7. The Hall–Kier alpha value is -1.84. The first kappa shape index (κ1) is 19.5. The number of halogens is 1. The fourth-order valence-electron chi connectivity index (χ4n) is 4.55. The molecule has 0 N–H and O–H groups in total. The Morgan fingerprint density at radius 1 is 1.14 bits per heavy atom. The van der Waals surface area contributed by atoms with E-state index in [4.69, 9.17) is 11.6 Å². The Bertz CT molecular complexity index is 862. The van der Waals surface area contributed by atoms with Crippen LogP contribution in [0.3, 0.4) is 0 Å². The average molecular weight is 397 g/mol. The van der Waals surface area contributed by atoms with Crippen LogP contribution in [0.5, 0.6) is 0 Å². The van der Waals surface area contributed by atoms with Crippen LogP contribution in [0.25, 0.3) is 11.1 Å². The molecule has 1 fully saturated rings. The van der Waals surface area contributed by atoms with Crippen LogP contribution in [-0.4, -0.2) is 41.4 Å². The molecule has 2 heterocycles. The van der Waals surface area contributed by atoms with Gasteiger partial charge in [-0.3, -0.25) is 4.79 Å². The third kappa shape index (κ3) is 3.97. The zero-order chi connectivity index (χ0) is 19.7. The fourth-order valence-corrected chi connectivity index (χ4v) is 4.94. The minimum Gasteiger partial charge on any atom is -0.338 e. The van der Waals surface area contributed by atoms with Gasteiger partial charge in [-0.25, -0.2) is 0 Å². The highest BCUT2D eigenvalue weighted by atomic mass is 35.5. The summed E-state index contributed by atoms with van der Waals surface area (Å²) < 4.78 is 0. The van der Waals surface area contributed by atoms with Gasteiger partial charge in [-0.1, -0.05) is 48.0 Å². The topological polar surface area (TPSA) is 23.6 Å². The normalized spacial score (nSPS) is 19.7. The van der Waals surface area contributed by atoms with Crippen molar-refractivity contribution >= 4 is 17.5 Å². The van der Waals surface area contributed by atoms with E-state index < -0.39 is 0 Å². The summed E-state index contributed by atoms with van der Waals surface area (Å²) in [4.78, 5) is 16.1. The SMILES string of the molecule is CC(=O)N1CCc2c(ccc(-c3ccc(CCN4CCCC4C)cc3)c2Cl)C1. The molecule has 148 valence electrons. The number of hydrogen-bond donors (Lipinski definition) is 0. The summed E-state index contributed by atoms with van der Waals surface area (Å²) in [7, 11) is 0. The molecular weight excluding hydrogens is 368 g/mol. The van der Waals surface area contributed by atoms with Crippen LogP contribution in [0.1, 0.15) is 43.4 Å². The number of nitrogens with zero attached hydrogens (tertiary/aromatic N) is 2. The zero-order valence-corrected chi connectivity index (χ0v) is 17.6. The minimum absolute atomic E-state index is 0.129. The minimum atomic E-state index is 0.129. The summed E-state index contributed by atoms with van der Waals surface area (Å²) in [5.74, 6) is 0.129. The van der Waals surface area contributed by atoms with Crippen LogP contribution in [0.2, 0.25) is 5.02 Å². The van der Waals surface area contributed by atoms with Gasteiger partial charge in [0, 0.05) is 38.2 Å². The molecule has 0 aliphatic carbocycles. The molecule has 0 aromatic heterocycles. The maximum absolute atomic E-state index is 11.7. The summed E-state index contributed by atoms with van der Waals surface area (Å²) >= 11 is 6.78. The number of rotatable bonds is 4. The third-order valence-electron chi connectivity index (χ3n) is 6.42. The van der Waals surface area contributed by atoms with Gasteiger partial charge in [0.15, 0.2) is 0 Å². The molecule has 4 rings (SSSR count). The molecule has 1 unspecified atom stereocenters. The van der Waals surface area contributed by atoms with Gasteiger partial charge < -0.3 is 9.80 Å². The smallest absolute Gasteiger partial charge is 0.219 e. The van der Waals surface area contributed by atoms with Crippen molar-refractivity contribution in [2.24, 2.45) is 0 Å². The molecule has 2 aromatic carbocycles. The molecule has 4 heteroatoms. The molecule has 2 aliphatic rings. The van der Waals surface area contributed by atoms with Gasteiger partial charge in [-0.05, 0) is 61.4 Å². The standard InChI is InChI=1S/C24H29ClN2O/c1-17-4-3-13-26(17)14-11-19-5-7-20(8-6-19)22-10-9-21-16-27(18(2)28)15-12-23(21)24(22)25/h5-10,17H,3-4,11-16H2,1-2H3. The lowest BCUT2D eigenvalue weighted by atomic mass is 9.93. The Morgan fingerprint density at radius 3 is 2.61 bits per heavy atom. The molecule has 2 aromatic rings. The lowest BCUT2D eigenvalue weighted by molar-refractivity contribution is -0.129. The number of benzene rings is 2. The molecule has 1 atom stereocenters. The lowest BCUT2D eigenvalue weighted by Gasteiger charge is -2.29. The predicted molar refractivity (Wildman–Crippen MR) is 116 cm³/mol. The number of fused-ring (bicyclic) bond motifs is 1. The van der Waals surface area contributed by atoms with Crippen LogP contribution < -0.4 is 0 Å². The summed E-state index contributed by atoms with van der Waals surface area (Å²) in [5.41, 5.74) is 6.01. The van der Waals surface area contributed by atoms with Gasteiger partial charge in [-0.15, -0.1) is 0 Å². The highest BCUT2D eigenvalue weighted by Crippen LogP contribution is 2.35. The molecule has 3 nitrogen and oxygen atoms in total. The van der Waals surface area contributed by atoms with E-state index in [-0.39, 0.29) is 5.91 Å². The average Bonchev–Trinajstić information content (AvgIpc) is 3.12. The molecule has 28 heavy (non-hydrogen) atoms. The molecular formula is C24H29ClN2O. The summed E-state index contributed by atoms with van der Waals surface area (Å²) in [5, 5.41) is 0.847. The molecule has 0 saturated carbocycles. The van der Waals surface area contributed by atoms with Crippen LogP contribution in [0.4, 0.5) is 0 Å². The van der Waals surface area contributed by atoms with Crippen LogP contribution >= 0.6 is 11.6 Å². The third-order valence-corrected chi connectivity index (χ3v) is 6.85. The van der Waals surface area contributed by atoms with Crippen molar-refractivity contribution in [1.29, 1.82) is 0 Å². The van der Waals surface area contributed by atoms with E-state index in [0.29, 0.717) is 6.54 Å². The van der Waals surface area contributed by atoms with Gasteiger partial charge >= 0.3 is 0 Å². The van der Waals surface area contributed by atoms with Crippen LogP contribution in [-0.2, 0) is 24.2 Å². The zero-order valence-electron chi connectivity index (χ0n) is 16.9. The van der Waals surface area contributed by atoms with E-state index >= 15 is 0 Å². The van der Waals surface area contributed by atoms with Crippen molar-refractivity contribution in [3.05, 3.63) is 58.1 Å². The predicted octanol–water partition coefficient (Wildman–Crippen LogP) is 4.94. The van der Waals surface area contributed by atoms with E-state index in [1.165, 1.54) is 41.6 Å². The van der Waals surface area contributed by atoms with E-state index in [1.54, 1.807) is 6.92 Å². The lowest BCUT2D eigenvalue weighted by Crippen LogP contribution is -2.34. The van der Waals surface area contributed by atoms with Gasteiger partial charge in [-0.2, -0.15) is 0 Å².